The molecule has 8 nitrogen and oxygen atoms in total. The van der Waals surface area contributed by atoms with E-state index in [4.69, 9.17) is 0 Å². The van der Waals surface area contributed by atoms with E-state index in [1.165, 1.54) is 6.20 Å². The molecule has 0 aliphatic carbocycles. The number of rotatable bonds is 4. The summed E-state index contributed by atoms with van der Waals surface area (Å²) in [4.78, 5) is 24.1. The molecule has 9 heteroatoms. The van der Waals surface area contributed by atoms with Crippen LogP contribution in [0.15, 0.2) is 47.4 Å². The second kappa shape index (κ2) is 6.51. The van der Waals surface area contributed by atoms with E-state index in [0.29, 0.717) is 11.2 Å². The number of fused-ring (bicyclic) bond motifs is 3. The number of carboxylic acids is 1. The van der Waals surface area contributed by atoms with E-state index in [0.717, 1.165) is 21.4 Å². The fourth-order valence-corrected chi connectivity index (χ4v) is 3.47. The summed E-state index contributed by atoms with van der Waals surface area (Å²) in [5, 5.41) is 22.1. The Morgan fingerprint density at radius 2 is 1.96 bits per heavy atom. The monoisotopic (exact) mass is 381 g/mol. The molecular weight excluding hydrogens is 366 g/mol. The van der Waals surface area contributed by atoms with Crippen LogP contribution in [0.5, 0.6) is 0 Å². The highest BCUT2D eigenvalue weighted by atomic mass is 32.1. The summed E-state index contributed by atoms with van der Waals surface area (Å²) >= 11 is 4.03. The van der Waals surface area contributed by atoms with E-state index in [1.54, 1.807) is 10.6 Å². The van der Waals surface area contributed by atoms with Crippen LogP contribution < -0.4 is 5.56 Å². The lowest BCUT2D eigenvalue weighted by Crippen LogP contribution is -2.31. The van der Waals surface area contributed by atoms with Crippen LogP contribution in [-0.2, 0) is 4.79 Å². The maximum absolute atomic E-state index is 12.8. The molecule has 0 fully saturated rings. The lowest BCUT2D eigenvalue weighted by molar-refractivity contribution is -0.140. The molecule has 0 aliphatic heterocycles. The number of carbonyl (C=O) groups is 1. The average Bonchev–Trinajstić information content (AvgIpc) is 3.00. The van der Waals surface area contributed by atoms with Gasteiger partial charge < -0.3 is 5.11 Å². The highest BCUT2D eigenvalue weighted by molar-refractivity contribution is 7.80. The summed E-state index contributed by atoms with van der Waals surface area (Å²) in [6, 6.07) is 10.2. The third-order valence-corrected chi connectivity index (χ3v) is 4.78. The van der Waals surface area contributed by atoms with E-state index in [9.17, 15) is 14.7 Å². The van der Waals surface area contributed by atoms with Crippen LogP contribution in [-0.4, -0.2) is 41.2 Å². The highest BCUT2D eigenvalue weighted by Crippen LogP contribution is 2.27. The molecule has 0 spiro atoms. The van der Waals surface area contributed by atoms with Gasteiger partial charge in [-0.3, -0.25) is 9.36 Å². The molecule has 0 radical (unpaired) electrons. The first-order chi connectivity index (χ1) is 13.0. The topological polar surface area (TPSA) is 102 Å². The Morgan fingerprint density at radius 1 is 1.22 bits per heavy atom. The van der Waals surface area contributed by atoms with Crippen molar-refractivity contribution in [3.63, 3.8) is 0 Å². The van der Waals surface area contributed by atoms with Crippen molar-refractivity contribution in [1.82, 2.24) is 24.4 Å². The second-order valence-corrected chi connectivity index (χ2v) is 6.43. The zero-order chi connectivity index (χ0) is 19.1. The van der Waals surface area contributed by atoms with Crippen molar-refractivity contribution in [2.75, 3.05) is 5.75 Å². The van der Waals surface area contributed by atoms with Crippen LogP contribution in [0.2, 0.25) is 0 Å². The fraction of sp³-hybridized carbons (Fsp3) is 0.167. The van der Waals surface area contributed by atoms with Gasteiger partial charge in [-0.05, 0) is 18.6 Å². The molecule has 0 bridgehead atoms. The summed E-state index contributed by atoms with van der Waals surface area (Å²) in [7, 11) is 0. The number of thiol groups is 1. The summed E-state index contributed by atoms with van der Waals surface area (Å²) < 4.78 is 2.68. The Bertz CT molecular complexity index is 1230. The van der Waals surface area contributed by atoms with Crippen LogP contribution in [0.4, 0.5) is 0 Å². The normalized spacial score (nSPS) is 12.5. The largest absolute Gasteiger partial charge is 0.480 e. The molecule has 0 amide bonds. The minimum atomic E-state index is -1.14. The van der Waals surface area contributed by atoms with Gasteiger partial charge in [0.25, 0.3) is 5.56 Å². The molecule has 0 saturated heterocycles. The van der Waals surface area contributed by atoms with Crippen molar-refractivity contribution in [1.29, 1.82) is 0 Å². The SMILES string of the molecule is Cc1nn2c(nnc3c(=O)n([C@H](CS)C(=O)O)ccc32)c1-c1ccccc1. The van der Waals surface area contributed by atoms with Crippen molar-refractivity contribution in [3.8, 4) is 11.1 Å². The zero-order valence-electron chi connectivity index (χ0n) is 14.3. The molecule has 27 heavy (non-hydrogen) atoms. The van der Waals surface area contributed by atoms with Crippen molar-refractivity contribution in [2.24, 2.45) is 0 Å². The Morgan fingerprint density at radius 3 is 2.63 bits per heavy atom. The number of hydrogen-bond acceptors (Lipinski definition) is 6. The predicted octanol–water partition coefficient (Wildman–Crippen LogP) is 1.97. The molecule has 1 aromatic carbocycles. The Kier molecular flexibility index (Phi) is 4.15. The third-order valence-electron chi connectivity index (χ3n) is 4.44. The van der Waals surface area contributed by atoms with Crippen molar-refractivity contribution < 1.29 is 9.90 Å². The van der Waals surface area contributed by atoms with Crippen LogP contribution in [0.1, 0.15) is 11.7 Å². The molecule has 4 rings (SSSR count). The van der Waals surface area contributed by atoms with Gasteiger partial charge in [0, 0.05) is 11.9 Å². The van der Waals surface area contributed by atoms with E-state index < -0.39 is 17.6 Å². The van der Waals surface area contributed by atoms with Gasteiger partial charge in [-0.2, -0.15) is 17.7 Å². The van der Waals surface area contributed by atoms with Crippen LogP contribution in [0, 0.1) is 6.92 Å². The van der Waals surface area contributed by atoms with Gasteiger partial charge in [0.15, 0.2) is 11.2 Å². The molecule has 1 atom stereocenters. The predicted molar refractivity (Wildman–Crippen MR) is 103 cm³/mol. The molecule has 3 heterocycles. The molecule has 1 N–H and O–H groups in total. The standard InChI is InChI=1S/C18H15N5O3S/c1-10-14(11-5-3-2-4-6-11)16-20-19-15-12(23(16)21-10)7-8-22(17(15)24)13(9-27)18(25)26/h2-8,13,27H,9H2,1H3,(H,25,26)/t13-/m1/s1. The minimum absolute atomic E-state index is 0.0184. The number of nitrogens with zero attached hydrogens (tertiary/aromatic N) is 5. The molecule has 0 saturated carbocycles. The second-order valence-electron chi connectivity index (χ2n) is 6.06. The van der Waals surface area contributed by atoms with Crippen molar-refractivity contribution in [3.05, 3.63) is 58.6 Å². The van der Waals surface area contributed by atoms with Gasteiger partial charge in [0.05, 0.1) is 11.3 Å². The van der Waals surface area contributed by atoms with E-state index >= 15 is 0 Å². The van der Waals surface area contributed by atoms with Gasteiger partial charge in [0.2, 0.25) is 0 Å². The lowest BCUT2D eigenvalue weighted by Gasteiger charge is -2.13. The van der Waals surface area contributed by atoms with Crippen LogP contribution in [0.25, 0.3) is 27.8 Å². The summed E-state index contributed by atoms with van der Waals surface area (Å²) in [6.45, 7) is 1.87. The van der Waals surface area contributed by atoms with Gasteiger partial charge in [0.1, 0.15) is 11.6 Å². The number of pyridine rings is 1. The van der Waals surface area contributed by atoms with E-state index in [1.807, 2.05) is 37.3 Å². The van der Waals surface area contributed by atoms with E-state index in [2.05, 4.69) is 27.9 Å². The van der Waals surface area contributed by atoms with Crippen LogP contribution in [0.3, 0.4) is 0 Å². The third kappa shape index (κ3) is 2.67. The molecule has 136 valence electrons. The molecule has 0 unspecified atom stereocenters. The minimum Gasteiger partial charge on any atom is -0.480 e. The zero-order valence-corrected chi connectivity index (χ0v) is 15.2. The average molecular weight is 381 g/mol. The number of aromatic nitrogens is 5. The van der Waals surface area contributed by atoms with Gasteiger partial charge >= 0.3 is 5.97 Å². The first kappa shape index (κ1) is 17.2. The maximum Gasteiger partial charge on any atom is 0.327 e. The van der Waals surface area contributed by atoms with Gasteiger partial charge in [-0.1, -0.05) is 30.3 Å². The summed E-state index contributed by atoms with van der Waals surface area (Å²) in [5.74, 6) is -1.16. The first-order valence-corrected chi connectivity index (χ1v) is 8.82. The molecular formula is C18H15N5O3S. The Hall–Kier alpha value is -3.20. The van der Waals surface area contributed by atoms with Gasteiger partial charge in [-0.25, -0.2) is 9.31 Å². The maximum atomic E-state index is 12.8. The van der Waals surface area contributed by atoms with Gasteiger partial charge in [-0.15, -0.1) is 10.2 Å². The quantitative estimate of drug-likeness (QED) is 0.524. The number of carboxylic acid groups (broad SMARTS) is 1. The smallest absolute Gasteiger partial charge is 0.327 e. The number of hydrogen-bond donors (Lipinski definition) is 2. The summed E-state index contributed by atoms with van der Waals surface area (Å²) in [6.07, 6.45) is 1.43. The van der Waals surface area contributed by atoms with Crippen LogP contribution >= 0.6 is 12.6 Å². The molecule has 4 aromatic rings. The van der Waals surface area contributed by atoms with Crippen molar-refractivity contribution >= 4 is 35.3 Å². The fourth-order valence-electron chi connectivity index (χ4n) is 3.14. The Balaban J connectivity index is 2.00. The molecule has 0 aliphatic rings. The number of aliphatic carboxylic acids is 1. The first-order valence-electron chi connectivity index (χ1n) is 8.19. The van der Waals surface area contributed by atoms with Crippen molar-refractivity contribution in [2.45, 2.75) is 13.0 Å². The number of benzene rings is 1. The lowest BCUT2D eigenvalue weighted by atomic mass is 10.1. The number of aryl methyl sites for hydroxylation is 1. The highest BCUT2D eigenvalue weighted by Gasteiger charge is 2.22. The molecule has 3 aromatic heterocycles. The van der Waals surface area contributed by atoms with E-state index in [-0.39, 0.29) is 11.3 Å². The summed E-state index contributed by atoms with van der Waals surface area (Å²) in [5.41, 5.74) is 3.06. The Labute approximate surface area is 158 Å².